The zero-order valence-electron chi connectivity index (χ0n) is 10.1. The van der Waals surface area contributed by atoms with Crippen molar-refractivity contribution >= 4 is 15.7 Å². The van der Waals surface area contributed by atoms with E-state index in [9.17, 15) is 8.42 Å². The molecule has 96 valence electrons. The van der Waals surface area contributed by atoms with Crippen molar-refractivity contribution in [1.29, 1.82) is 5.26 Å². The van der Waals surface area contributed by atoms with Gasteiger partial charge in [-0.3, -0.25) is 0 Å². The van der Waals surface area contributed by atoms with Gasteiger partial charge in [0.1, 0.15) is 11.0 Å². The first-order valence-electron chi connectivity index (χ1n) is 5.75. The summed E-state index contributed by atoms with van der Waals surface area (Å²) in [6.45, 7) is 3.04. The van der Waals surface area contributed by atoms with Gasteiger partial charge in [0, 0.05) is 18.8 Å². The molecule has 1 atom stereocenters. The molecule has 1 aromatic rings. The molecule has 5 nitrogen and oxygen atoms in total. The summed E-state index contributed by atoms with van der Waals surface area (Å²) < 4.78 is 26.2. The van der Waals surface area contributed by atoms with E-state index in [0.717, 1.165) is 6.42 Å². The lowest BCUT2D eigenvalue weighted by molar-refractivity contribution is 0.464. The molecule has 18 heavy (non-hydrogen) atoms. The quantitative estimate of drug-likeness (QED) is 0.813. The van der Waals surface area contributed by atoms with E-state index in [4.69, 9.17) is 11.0 Å². The number of sulfonamides is 1. The SMILES string of the molecule is CC1CCN(S(=O)(=O)c2ccc(N)cc2C#N)C1. The molecule has 2 N–H and O–H groups in total. The molecule has 0 spiro atoms. The second kappa shape index (κ2) is 4.59. The van der Waals surface area contributed by atoms with Crippen LogP contribution in [0.5, 0.6) is 0 Å². The first-order chi connectivity index (χ1) is 8.45. The predicted octanol–water partition coefficient (Wildman–Crippen LogP) is 1.17. The summed E-state index contributed by atoms with van der Waals surface area (Å²) >= 11 is 0. The predicted molar refractivity (Wildman–Crippen MR) is 68.1 cm³/mol. The topological polar surface area (TPSA) is 87.2 Å². The number of hydrogen-bond acceptors (Lipinski definition) is 4. The summed E-state index contributed by atoms with van der Waals surface area (Å²) in [6, 6.07) is 6.20. The number of anilines is 1. The number of nitriles is 1. The highest BCUT2D eigenvalue weighted by Crippen LogP contribution is 2.26. The van der Waals surface area contributed by atoms with E-state index >= 15 is 0 Å². The highest BCUT2D eigenvalue weighted by atomic mass is 32.2. The van der Waals surface area contributed by atoms with Crippen molar-refractivity contribution in [3.8, 4) is 6.07 Å². The molecule has 1 aromatic carbocycles. The Bertz CT molecular complexity index is 604. The summed E-state index contributed by atoms with van der Waals surface area (Å²) in [5.41, 5.74) is 6.06. The molecule has 1 saturated heterocycles. The van der Waals surface area contributed by atoms with Crippen molar-refractivity contribution in [2.24, 2.45) is 5.92 Å². The minimum Gasteiger partial charge on any atom is -0.399 e. The Balaban J connectivity index is 2.45. The Morgan fingerprint density at radius 3 is 2.78 bits per heavy atom. The number of rotatable bonds is 2. The van der Waals surface area contributed by atoms with Gasteiger partial charge >= 0.3 is 0 Å². The Morgan fingerprint density at radius 1 is 1.50 bits per heavy atom. The number of nitrogens with zero attached hydrogens (tertiary/aromatic N) is 2. The molecule has 1 aliphatic heterocycles. The van der Waals surface area contributed by atoms with Gasteiger partial charge in [0.2, 0.25) is 10.0 Å². The zero-order valence-corrected chi connectivity index (χ0v) is 10.9. The van der Waals surface area contributed by atoms with E-state index in [1.165, 1.54) is 22.5 Å². The molecule has 1 aliphatic rings. The molecule has 0 saturated carbocycles. The van der Waals surface area contributed by atoms with Crippen molar-refractivity contribution in [1.82, 2.24) is 4.31 Å². The van der Waals surface area contributed by atoms with Crippen LogP contribution < -0.4 is 5.73 Å². The standard InChI is InChI=1S/C12H15N3O2S/c1-9-4-5-15(8-9)18(16,17)12-3-2-11(14)6-10(12)7-13/h2-3,6,9H,4-5,8,14H2,1H3. The number of nitrogens with two attached hydrogens (primary N) is 1. The molecule has 0 bridgehead atoms. The fourth-order valence-corrected chi connectivity index (χ4v) is 3.81. The van der Waals surface area contributed by atoms with Gasteiger partial charge in [0.05, 0.1) is 5.56 Å². The third-order valence-corrected chi connectivity index (χ3v) is 5.05. The maximum absolute atomic E-state index is 12.4. The second-order valence-corrected chi connectivity index (χ2v) is 6.53. The first kappa shape index (κ1) is 12.9. The summed E-state index contributed by atoms with van der Waals surface area (Å²) in [7, 11) is -3.58. The minimum atomic E-state index is -3.58. The van der Waals surface area contributed by atoms with E-state index < -0.39 is 10.0 Å². The second-order valence-electron chi connectivity index (χ2n) is 4.62. The van der Waals surface area contributed by atoms with Gasteiger partial charge in [-0.15, -0.1) is 0 Å². The highest BCUT2D eigenvalue weighted by molar-refractivity contribution is 7.89. The third-order valence-electron chi connectivity index (χ3n) is 3.13. The molecule has 6 heteroatoms. The van der Waals surface area contributed by atoms with Gasteiger partial charge in [-0.05, 0) is 30.5 Å². The van der Waals surface area contributed by atoms with E-state index in [1.54, 1.807) is 0 Å². The third kappa shape index (κ3) is 2.19. The van der Waals surface area contributed by atoms with E-state index in [0.29, 0.717) is 24.7 Å². The van der Waals surface area contributed by atoms with E-state index in [-0.39, 0.29) is 10.5 Å². The van der Waals surface area contributed by atoms with Crippen molar-refractivity contribution in [2.75, 3.05) is 18.8 Å². The molecule has 0 aliphatic carbocycles. The summed E-state index contributed by atoms with van der Waals surface area (Å²) in [5.74, 6) is 0.360. The monoisotopic (exact) mass is 265 g/mol. The Hall–Kier alpha value is -1.58. The first-order valence-corrected chi connectivity index (χ1v) is 7.19. The average molecular weight is 265 g/mol. The molecule has 1 fully saturated rings. The smallest absolute Gasteiger partial charge is 0.244 e. The van der Waals surface area contributed by atoms with Crippen LogP contribution in [0.25, 0.3) is 0 Å². The molecular weight excluding hydrogens is 250 g/mol. The highest BCUT2D eigenvalue weighted by Gasteiger charge is 2.32. The average Bonchev–Trinajstić information content (AvgIpc) is 2.76. The molecule has 0 amide bonds. The van der Waals surface area contributed by atoms with Gasteiger partial charge in [0.25, 0.3) is 0 Å². The largest absolute Gasteiger partial charge is 0.399 e. The van der Waals surface area contributed by atoms with Crippen LogP contribution in [0, 0.1) is 17.2 Å². The normalized spacial score (nSPS) is 20.8. The Kier molecular flexibility index (Phi) is 3.28. The van der Waals surface area contributed by atoms with Gasteiger partial charge in [0.15, 0.2) is 0 Å². The summed E-state index contributed by atoms with van der Waals surface area (Å²) in [5, 5.41) is 9.01. The van der Waals surface area contributed by atoms with E-state index in [2.05, 4.69) is 0 Å². The number of hydrogen-bond donors (Lipinski definition) is 1. The lowest BCUT2D eigenvalue weighted by Gasteiger charge is -2.17. The zero-order chi connectivity index (χ0) is 13.3. The van der Waals surface area contributed by atoms with Crippen molar-refractivity contribution in [3.63, 3.8) is 0 Å². The van der Waals surface area contributed by atoms with Crippen molar-refractivity contribution in [2.45, 2.75) is 18.2 Å². The Labute approximate surface area is 107 Å². The van der Waals surface area contributed by atoms with Gasteiger partial charge < -0.3 is 5.73 Å². The molecular formula is C12H15N3O2S. The van der Waals surface area contributed by atoms with Crippen LogP contribution >= 0.6 is 0 Å². The van der Waals surface area contributed by atoms with Crippen LogP contribution in [-0.4, -0.2) is 25.8 Å². The van der Waals surface area contributed by atoms with Crippen molar-refractivity contribution in [3.05, 3.63) is 23.8 Å². The lowest BCUT2D eigenvalue weighted by atomic mass is 10.2. The molecule has 2 rings (SSSR count). The summed E-state index contributed by atoms with van der Waals surface area (Å²) in [6.07, 6.45) is 0.857. The lowest BCUT2D eigenvalue weighted by Crippen LogP contribution is -2.29. The van der Waals surface area contributed by atoms with E-state index in [1.807, 2.05) is 13.0 Å². The van der Waals surface area contributed by atoms with Crippen LogP contribution in [0.3, 0.4) is 0 Å². The fraction of sp³-hybridized carbons (Fsp3) is 0.417. The van der Waals surface area contributed by atoms with Crippen LogP contribution in [-0.2, 0) is 10.0 Å². The minimum absolute atomic E-state index is 0.0494. The van der Waals surface area contributed by atoms with Crippen molar-refractivity contribution < 1.29 is 8.42 Å². The van der Waals surface area contributed by atoms with Crippen LogP contribution in [0.4, 0.5) is 5.69 Å². The molecule has 1 unspecified atom stereocenters. The van der Waals surface area contributed by atoms with Gasteiger partial charge in [-0.2, -0.15) is 9.57 Å². The molecule has 1 heterocycles. The molecule has 0 aromatic heterocycles. The maximum Gasteiger partial charge on any atom is 0.244 e. The molecule has 0 radical (unpaired) electrons. The maximum atomic E-state index is 12.4. The van der Waals surface area contributed by atoms with Crippen LogP contribution in [0.1, 0.15) is 18.9 Å². The number of benzene rings is 1. The van der Waals surface area contributed by atoms with Crippen LogP contribution in [0.15, 0.2) is 23.1 Å². The van der Waals surface area contributed by atoms with Gasteiger partial charge in [-0.25, -0.2) is 8.42 Å². The van der Waals surface area contributed by atoms with Crippen LogP contribution in [0.2, 0.25) is 0 Å². The Morgan fingerprint density at radius 2 is 2.22 bits per heavy atom. The fourth-order valence-electron chi connectivity index (χ4n) is 2.11. The number of nitrogen functional groups attached to an aromatic ring is 1. The van der Waals surface area contributed by atoms with Gasteiger partial charge in [-0.1, -0.05) is 6.92 Å². The summed E-state index contributed by atoms with van der Waals surface area (Å²) in [4.78, 5) is 0.0494.